The van der Waals surface area contributed by atoms with Crippen molar-refractivity contribution in [2.75, 3.05) is 26.2 Å². The first-order valence-corrected chi connectivity index (χ1v) is 5.85. The molecule has 0 aromatic carbocycles. The van der Waals surface area contributed by atoms with Gasteiger partial charge in [0.2, 0.25) is 0 Å². The van der Waals surface area contributed by atoms with Crippen molar-refractivity contribution in [1.29, 1.82) is 0 Å². The third-order valence-electron chi connectivity index (χ3n) is 3.47. The van der Waals surface area contributed by atoms with Crippen LogP contribution in [0.15, 0.2) is 0 Å². The lowest BCUT2D eigenvalue weighted by atomic mass is 9.91. The Balaban J connectivity index is 1.66. The maximum absolute atomic E-state index is 3.49. The lowest BCUT2D eigenvalue weighted by Gasteiger charge is -2.46. The molecule has 1 unspecified atom stereocenters. The van der Waals surface area contributed by atoms with Crippen LogP contribution >= 0.6 is 0 Å². The zero-order chi connectivity index (χ0) is 9.10. The Kier molecular flexibility index (Phi) is 3.23. The van der Waals surface area contributed by atoms with E-state index in [1.807, 2.05) is 0 Å². The summed E-state index contributed by atoms with van der Waals surface area (Å²) in [5.74, 6) is 1.02. The van der Waals surface area contributed by atoms with Gasteiger partial charge in [0.1, 0.15) is 0 Å². The normalized spacial score (nSPS) is 31.6. The van der Waals surface area contributed by atoms with E-state index in [0.717, 1.165) is 12.0 Å². The molecule has 13 heavy (non-hydrogen) atoms. The lowest BCUT2D eigenvalue weighted by molar-refractivity contribution is 0.0368. The number of piperidine rings is 1. The summed E-state index contributed by atoms with van der Waals surface area (Å²) in [4.78, 5) is 2.67. The lowest BCUT2D eigenvalue weighted by Crippen LogP contribution is -2.56. The summed E-state index contributed by atoms with van der Waals surface area (Å²) in [5, 5.41) is 3.49. The molecule has 0 spiro atoms. The summed E-state index contributed by atoms with van der Waals surface area (Å²) in [6, 6.07) is 0.863. The van der Waals surface area contributed by atoms with Gasteiger partial charge in [0, 0.05) is 25.7 Å². The summed E-state index contributed by atoms with van der Waals surface area (Å²) in [7, 11) is 0. The van der Waals surface area contributed by atoms with Crippen molar-refractivity contribution in [3.8, 4) is 0 Å². The minimum Gasteiger partial charge on any atom is -0.315 e. The standard InChI is InChI=1S/C11H22N2/c1-2-4-10-8-13(9-10)11-5-3-6-12-7-11/h10-12H,2-9H2,1H3. The fraction of sp³-hybridized carbons (Fsp3) is 1.00. The quantitative estimate of drug-likeness (QED) is 0.711. The van der Waals surface area contributed by atoms with Crippen LogP contribution in [0.2, 0.25) is 0 Å². The minimum atomic E-state index is 0.863. The molecule has 0 saturated carbocycles. The van der Waals surface area contributed by atoms with Crippen molar-refractivity contribution < 1.29 is 0 Å². The molecule has 2 heterocycles. The summed E-state index contributed by atoms with van der Waals surface area (Å²) in [5.41, 5.74) is 0. The third kappa shape index (κ3) is 2.23. The van der Waals surface area contributed by atoms with E-state index >= 15 is 0 Å². The molecular formula is C11H22N2. The Bertz CT molecular complexity index is 146. The highest BCUT2D eigenvalue weighted by Crippen LogP contribution is 2.25. The molecule has 1 atom stereocenters. The van der Waals surface area contributed by atoms with E-state index in [2.05, 4.69) is 17.1 Å². The highest BCUT2D eigenvalue weighted by Gasteiger charge is 2.31. The molecule has 2 nitrogen and oxygen atoms in total. The number of nitrogens with zero attached hydrogens (tertiary/aromatic N) is 1. The summed E-state index contributed by atoms with van der Waals surface area (Å²) < 4.78 is 0. The Morgan fingerprint density at radius 3 is 2.85 bits per heavy atom. The van der Waals surface area contributed by atoms with Crippen LogP contribution in [0.1, 0.15) is 32.6 Å². The molecule has 0 aromatic heterocycles. The van der Waals surface area contributed by atoms with Gasteiger partial charge < -0.3 is 5.32 Å². The largest absolute Gasteiger partial charge is 0.315 e. The van der Waals surface area contributed by atoms with Crippen molar-refractivity contribution in [2.45, 2.75) is 38.6 Å². The van der Waals surface area contributed by atoms with Gasteiger partial charge in [0.05, 0.1) is 0 Å². The zero-order valence-electron chi connectivity index (χ0n) is 8.76. The Morgan fingerprint density at radius 1 is 1.38 bits per heavy atom. The summed E-state index contributed by atoms with van der Waals surface area (Å²) in [6.07, 6.45) is 5.60. The second kappa shape index (κ2) is 4.43. The van der Waals surface area contributed by atoms with Crippen LogP contribution in [-0.4, -0.2) is 37.1 Å². The fourth-order valence-corrected chi connectivity index (χ4v) is 2.64. The maximum Gasteiger partial charge on any atom is 0.0221 e. The molecule has 2 rings (SSSR count). The van der Waals surface area contributed by atoms with Crippen molar-refractivity contribution in [2.24, 2.45) is 5.92 Å². The molecule has 2 aliphatic heterocycles. The molecule has 0 bridgehead atoms. The topological polar surface area (TPSA) is 15.3 Å². The van der Waals surface area contributed by atoms with Crippen LogP contribution in [0.25, 0.3) is 0 Å². The van der Waals surface area contributed by atoms with E-state index in [0.29, 0.717) is 0 Å². The van der Waals surface area contributed by atoms with E-state index in [1.54, 1.807) is 0 Å². The van der Waals surface area contributed by atoms with Crippen LogP contribution in [0, 0.1) is 5.92 Å². The van der Waals surface area contributed by atoms with Gasteiger partial charge in [-0.2, -0.15) is 0 Å². The number of likely N-dealkylation sites (tertiary alicyclic amines) is 1. The summed E-state index contributed by atoms with van der Waals surface area (Å²) in [6.45, 7) is 7.52. The molecule has 0 aliphatic carbocycles. The number of nitrogens with one attached hydrogen (secondary N) is 1. The third-order valence-corrected chi connectivity index (χ3v) is 3.47. The van der Waals surface area contributed by atoms with Crippen molar-refractivity contribution in [1.82, 2.24) is 10.2 Å². The van der Waals surface area contributed by atoms with Crippen LogP contribution in [-0.2, 0) is 0 Å². The molecule has 2 aliphatic rings. The van der Waals surface area contributed by atoms with Gasteiger partial charge in [-0.1, -0.05) is 13.3 Å². The predicted octanol–water partition coefficient (Wildman–Crippen LogP) is 1.47. The SMILES string of the molecule is CCCC1CN(C2CCCNC2)C1. The van der Waals surface area contributed by atoms with Crippen LogP contribution in [0.3, 0.4) is 0 Å². The van der Waals surface area contributed by atoms with Gasteiger partial charge in [-0.25, -0.2) is 0 Å². The van der Waals surface area contributed by atoms with Crippen molar-refractivity contribution >= 4 is 0 Å². The van der Waals surface area contributed by atoms with Crippen molar-refractivity contribution in [3.63, 3.8) is 0 Å². The Morgan fingerprint density at radius 2 is 2.23 bits per heavy atom. The maximum atomic E-state index is 3.49. The highest BCUT2D eigenvalue weighted by atomic mass is 15.2. The van der Waals surface area contributed by atoms with E-state index in [9.17, 15) is 0 Å². The predicted molar refractivity (Wildman–Crippen MR) is 55.9 cm³/mol. The molecule has 2 saturated heterocycles. The zero-order valence-corrected chi connectivity index (χ0v) is 8.76. The smallest absolute Gasteiger partial charge is 0.0221 e. The molecular weight excluding hydrogens is 160 g/mol. The van der Waals surface area contributed by atoms with Crippen LogP contribution in [0.5, 0.6) is 0 Å². The Hall–Kier alpha value is -0.0800. The highest BCUT2D eigenvalue weighted by molar-refractivity contribution is 4.87. The number of rotatable bonds is 3. The van der Waals surface area contributed by atoms with Gasteiger partial charge in [0.25, 0.3) is 0 Å². The first-order chi connectivity index (χ1) is 6.40. The van der Waals surface area contributed by atoms with E-state index in [-0.39, 0.29) is 0 Å². The molecule has 2 fully saturated rings. The van der Waals surface area contributed by atoms with Crippen molar-refractivity contribution in [3.05, 3.63) is 0 Å². The van der Waals surface area contributed by atoms with Gasteiger partial charge in [-0.05, 0) is 31.7 Å². The van der Waals surface area contributed by atoms with Crippen LogP contribution in [0.4, 0.5) is 0 Å². The van der Waals surface area contributed by atoms with Gasteiger partial charge in [-0.15, -0.1) is 0 Å². The molecule has 1 N–H and O–H groups in total. The van der Waals surface area contributed by atoms with Crippen LogP contribution < -0.4 is 5.32 Å². The fourth-order valence-electron chi connectivity index (χ4n) is 2.64. The Labute approximate surface area is 81.7 Å². The van der Waals surface area contributed by atoms with E-state index < -0.39 is 0 Å². The van der Waals surface area contributed by atoms with Gasteiger partial charge >= 0.3 is 0 Å². The second-order valence-corrected chi connectivity index (χ2v) is 4.61. The van der Waals surface area contributed by atoms with E-state index in [4.69, 9.17) is 0 Å². The number of hydrogen-bond acceptors (Lipinski definition) is 2. The van der Waals surface area contributed by atoms with Gasteiger partial charge in [-0.3, -0.25) is 4.90 Å². The molecule has 0 aromatic rings. The van der Waals surface area contributed by atoms with E-state index in [1.165, 1.54) is 51.9 Å². The molecule has 0 radical (unpaired) electrons. The first kappa shape index (κ1) is 9.47. The number of hydrogen-bond donors (Lipinski definition) is 1. The average Bonchev–Trinajstić information content (AvgIpc) is 2.12. The molecule has 76 valence electrons. The minimum absolute atomic E-state index is 0.863. The average molecular weight is 182 g/mol. The first-order valence-electron chi connectivity index (χ1n) is 5.85. The molecule has 2 heteroatoms. The van der Waals surface area contributed by atoms with Gasteiger partial charge in [0.15, 0.2) is 0 Å². The molecule has 0 amide bonds. The monoisotopic (exact) mass is 182 g/mol. The summed E-state index contributed by atoms with van der Waals surface area (Å²) >= 11 is 0. The second-order valence-electron chi connectivity index (χ2n) is 4.61.